The van der Waals surface area contributed by atoms with Gasteiger partial charge in [-0.15, -0.1) is 10.2 Å². The number of carbonyl (C=O) groups is 2. The Hall–Kier alpha value is -2.28. The minimum Gasteiger partial charge on any atom is -0.326 e. The van der Waals surface area contributed by atoms with Gasteiger partial charge in [-0.3, -0.25) is 14.9 Å². The zero-order chi connectivity index (χ0) is 13.8. The Labute approximate surface area is 113 Å². The average Bonchev–Trinajstić information content (AvgIpc) is 2.75. The zero-order valence-corrected chi connectivity index (χ0v) is 11.2. The molecule has 19 heavy (non-hydrogen) atoms. The number of amides is 2. The molecule has 1 aromatic carbocycles. The number of hydrogen-bond acceptors (Lipinski definition) is 5. The van der Waals surface area contributed by atoms with Gasteiger partial charge >= 0.3 is 0 Å². The van der Waals surface area contributed by atoms with Crippen molar-refractivity contribution >= 4 is 34.0 Å². The van der Waals surface area contributed by atoms with Gasteiger partial charge in [-0.2, -0.15) is 0 Å². The maximum absolute atomic E-state index is 11.9. The summed E-state index contributed by atoms with van der Waals surface area (Å²) in [5, 5.41) is 14.2. The summed E-state index contributed by atoms with van der Waals surface area (Å²) in [6.07, 6.45) is 0. The highest BCUT2D eigenvalue weighted by atomic mass is 32.1. The van der Waals surface area contributed by atoms with Crippen LogP contribution in [-0.4, -0.2) is 22.0 Å². The van der Waals surface area contributed by atoms with Crippen LogP contribution in [0.5, 0.6) is 0 Å². The van der Waals surface area contributed by atoms with Gasteiger partial charge in [0.25, 0.3) is 5.91 Å². The molecule has 0 radical (unpaired) electrons. The molecule has 0 aliphatic carbocycles. The molecule has 0 aliphatic heterocycles. The Bertz CT molecular complexity index is 606. The van der Waals surface area contributed by atoms with Crippen LogP contribution in [0.4, 0.5) is 10.8 Å². The monoisotopic (exact) mass is 276 g/mol. The zero-order valence-electron chi connectivity index (χ0n) is 10.4. The molecule has 1 heterocycles. The van der Waals surface area contributed by atoms with Crippen molar-refractivity contribution < 1.29 is 9.59 Å². The summed E-state index contributed by atoms with van der Waals surface area (Å²) in [4.78, 5) is 22.8. The van der Waals surface area contributed by atoms with Crippen LogP contribution in [0.25, 0.3) is 0 Å². The third-order valence-corrected chi connectivity index (χ3v) is 2.97. The van der Waals surface area contributed by atoms with Gasteiger partial charge in [0.15, 0.2) is 0 Å². The van der Waals surface area contributed by atoms with Crippen molar-refractivity contribution in [2.24, 2.45) is 0 Å². The summed E-state index contributed by atoms with van der Waals surface area (Å²) < 4.78 is 0. The molecule has 2 amide bonds. The fourth-order valence-corrected chi connectivity index (χ4v) is 2.01. The van der Waals surface area contributed by atoms with Crippen molar-refractivity contribution in [3.8, 4) is 0 Å². The van der Waals surface area contributed by atoms with Crippen LogP contribution in [-0.2, 0) is 4.79 Å². The van der Waals surface area contributed by atoms with Crippen LogP contribution >= 0.6 is 11.3 Å². The number of rotatable bonds is 3. The molecule has 0 aliphatic rings. The lowest BCUT2D eigenvalue weighted by Crippen LogP contribution is -2.12. The van der Waals surface area contributed by atoms with E-state index in [0.717, 1.165) is 5.01 Å². The molecule has 2 aromatic rings. The van der Waals surface area contributed by atoms with Crippen molar-refractivity contribution in [2.45, 2.75) is 13.8 Å². The normalized spacial score (nSPS) is 10.0. The van der Waals surface area contributed by atoms with E-state index < -0.39 is 0 Å². The van der Waals surface area contributed by atoms with Crippen LogP contribution in [0.15, 0.2) is 24.3 Å². The predicted octanol–water partition coefficient (Wildman–Crippen LogP) is 2.06. The third-order valence-electron chi connectivity index (χ3n) is 2.21. The van der Waals surface area contributed by atoms with Gasteiger partial charge in [0.2, 0.25) is 11.0 Å². The van der Waals surface area contributed by atoms with E-state index in [9.17, 15) is 9.59 Å². The molecule has 0 atom stereocenters. The number of benzene rings is 1. The second-order valence-corrected chi connectivity index (χ2v) is 5.02. The SMILES string of the molecule is CC(=O)Nc1ccc(C(=O)Nc2nnc(C)s2)cc1. The Kier molecular flexibility index (Phi) is 3.86. The maximum atomic E-state index is 11.9. The second kappa shape index (κ2) is 5.57. The van der Waals surface area contributed by atoms with E-state index in [1.165, 1.54) is 18.3 Å². The number of carbonyl (C=O) groups excluding carboxylic acids is 2. The minimum atomic E-state index is -0.259. The molecule has 6 nitrogen and oxygen atoms in total. The Morgan fingerprint density at radius 1 is 1.11 bits per heavy atom. The minimum absolute atomic E-state index is 0.151. The van der Waals surface area contributed by atoms with E-state index in [2.05, 4.69) is 20.8 Å². The summed E-state index contributed by atoms with van der Waals surface area (Å²) >= 11 is 1.31. The molecule has 0 saturated carbocycles. The quantitative estimate of drug-likeness (QED) is 0.898. The molecular weight excluding hydrogens is 264 g/mol. The first kappa shape index (κ1) is 13.2. The molecule has 2 N–H and O–H groups in total. The summed E-state index contributed by atoms with van der Waals surface area (Å²) in [5.41, 5.74) is 1.14. The lowest BCUT2D eigenvalue weighted by Gasteiger charge is -2.04. The predicted molar refractivity (Wildman–Crippen MR) is 73.3 cm³/mol. The van der Waals surface area contributed by atoms with Crippen molar-refractivity contribution in [1.82, 2.24) is 10.2 Å². The van der Waals surface area contributed by atoms with Crippen molar-refractivity contribution in [3.63, 3.8) is 0 Å². The number of anilines is 2. The largest absolute Gasteiger partial charge is 0.326 e. The van der Waals surface area contributed by atoms with Crippen LogP contribution in [0, 0.1) is 6.92 Å². The van der Waals surface area contributed by atoms with E-state index >= 15 is 0 Å². The first-order chi connectivity index (χ1) is 9.04. The molecule has 1 aromatic heterocycles. The first-order valence-electron chi connectivity index (χ1n) is 5.54. The smallest absolute Gasteiger partial charge is 0.257 e. The Morgan fingerprint density at radius 3 is 2.32 bits per heavy atom. The summed E-state index contributed by atoms with van der Waals surface area (Å²) in [7, 11) is 0. The van der Waals surface area contributed by atoms with Crippen LogP contribution in [0.2, 0.25) is 0 Å². The summed E-state index contributed by atoms with van der Waals surface area (Å²) in [6, 6.07) is 6.60. The Morgan fingerprint density at radius 2 is 1.79 bits per heavy atom. The average molecular weight is 276 g/mol. The number of nitrogens with zero attached hydrogens (tertiary/aromatic N) is 2. The van der Waals surface area contributed by atoms with Gasteiger partial charge in [0.05, 0.1) is 0 Å². The highest BCUT2D eigenvalue weighted by Gasteiger charge is 2.09. The number of nitrogens with one attached hydrogen (secondary N) is 2. The van der Waals surface area contributed by atoms with Crippen molar-refractivity contribution in [2.75, 3.05) is 10.6 Å². The van der Waals surface area contributed by atoms with E-state index in [0.29, 0.717) is 16.4 Å². The summed E-state index contributed by atoms with van der Waals surface area (Å²) in [5.74, 6) is -0.410. The first-order valence-corrected chi connectivity index (χ1v) is 6.35. The molecule has 0 bridgehead atoms. The fourth-order valence-electron chi connectivity index (χ4n) is 1.42. The van der Waals surface area contributed by atoms with Gasteiger partial charge in [-0.25, -0.2) is 0 Å². The molecule has 0 unspecified atom stereocenters. The van der Waals surface area contributed by atoms with Gasteiger partial charge in [-0.1, -0.05) is 11.3 Å². The van der Waals surface area contributed by atoms with E-state index in [-0.39, 0.29) is 11.8 Å². The van der Waals surface area contributed by atoms with E-state index in [1.54, 1.807) is 24.3 Å². The number of aryl methyl sites for hydroxylation is 1. The lowest BCUT2D eigenvalue weighted by atomic mass is 10.2. The molecule has 0 spiro atoms. The molecular formula is C12H12N4O2S. The standard InChI is InChI=1S/C12H12N4O2S/c1-7(17)13-10-5-3-9(4-6-10)11(18)14-12-16-15-8(2)19-12/h3-6H,1-2H3,(H,13,17)(H,14,16,18). The van der Waals surface area contributed by atoms with Crippen molar-refractivity contribution in [3.05, 3.63) is 34.8 Å². The van der Waals surface area contributed by atoms with Gasteiger partial charge < -0.3 is 5.32 Å². The topological polar surface area (TPSA) is 84.0 Å². The van der Waals surface area contributed by atoms with Crippen molar-refractivity contribution in [1.29, 1.82) is 0 Å². The summed E-state index contributed by atoms with van der Waals surface area (Å²) in [6.45, 7) is 3.24. The second-order valence-electron chi connectivity index (χ2n) is 3.84. The van der Waals surface area contributed by atoms with Crippen LogP contribution < -0.4 is 10.6 Å². The number of aromatic nitrogens is 2. The molecule has 0 fully saturated rings. The van der Waals surface area contributed by atoms with Gasteiger partial charge in [0, 0.05) is 18.2 Å². The van der Waals surface area contributed by atoms with Gasteiger partial charge in [0.1, 0.15) is 5.01 Å². The molecule has 7 heteroatoms. The van der Waals surface area contributed by atoms with Crippen LogP contribution in [0.3, 0.4) is 0 Å². The van der Waals surface area contributed by atoms with Gasteiger partial charge in [-0.05, 0) is 31.2 Å². The highest BCUT2D eigenvalue weighted by molar-refractivity contribution is 7.15. The van der Waals surface area contributed by atoms with E-state index in [1.807, 2.05) is 6.92 Å². The molecule has 98 valence electrons. The molecule has 0 saturated heterocycles. The lowest BCUT2D eigenvalue weighted by molar-refractivity contribution is -0.114. The number of hydrogen-bond donors (Lipinski definition) is 2. The van der Waals surface area contributed by atoms with Crippen LogP contribution in [0.1, 0.15) is 22.3 Å². The Balaban J connectivity index is 2.05. The van der Waals surface area contributed by atoms with E-state index in [4.69, 9.17) is 0 Å². The maximum Gasteiger partial charge on any atom is 0.257 e. The molecule has 2 rings (SSSR count). The highest BCUT2D eigenvalue weighted by Crippen LogP contribution is 2.16. The third kappa shape index (κ3) is 3.59. The fraction of sp³-hybridized carbons (Fsp3) is 0.167.